The number of anilines is 1. The number of aromatic nitrogens is 4. The monoisotopic (exact) mass is 563 g/mol. The molecule has 7 heteroatoms. The molecule has 0 bridgehead atoms. The molecule has 0 aliphatic heterocycles. The molecule has 188 valence electrons. The summed E-state index contributed by atoms with van der Waals surface area (Å²) < 4.78 is 3.92. The number of nitrogens with zero attached hydrogens (tertiary/aromatic N) is 3. The molecular formula is C31H26BrN5O. The van der Waals surface area contributed by atoms with E-state index in [9.17, 15) is 4.79 Å². The summed E-state index contributed by atoms with van der Waals surface area (Å²) in [7, 11) is 0. The van der Waals surface area contributed by atoms with Crippen LogP contribution in [0.1, 0.15) is 11.1 Å². The molecule has 0 radical (unpaired) electrons. The summed E-state index contributed by atoms with van der Waals surface area (Å²) in [6, 6.07) is 37.4. The van der Waals surface area contributed by atoms with Crippen molar-refractivity contribution in [3.63, 3.8) is 0 Å². The maximum Gasteiger partial charge on any atom is 0.311 e. The summed E-state index contributed by atoms with van der Waals surface area (Å²) in [5.41, 5.74) is 13.6. The highest BCUT2D eigenvalue weighted by molar-refractivity contribution is 5.68. The molecule has 0 spiro atoms. The summed E-state index contributed by atoms with van der Waals surface area (Å²) in [5.74, 6) is 0.107. The molecule has 6 rings (SSSR count). The van der Waals surface area contributed by atoms with Crippen LogP contribution in [0.4, 0.5) is 5.95 Å². The zero-order chi connectivity index (χ0) is 25.2. The third-order valence-electron chi connectivity index (χ3n) is 6.56. The molecule has 0 amide bonds. The van der Waals surface area contributed by atoms with E-state index >= 15 is 0 Å². The molecule has 38 heavy (non-hydrogen) atoms. The van der Waals surface area contributed by atoms with Gasteiger partial charge in [-0.2, -0.15) is 0 Å². The van der Waals surface area contributed by atoms with Gasteiger partial charge in [0, 0.05) is 0 Å². The Morgan fingerprint density at radius 2 is 1.21 bits per heavy atom. The largest absolute Gasteiger partial charge is 1.00 e. The summed E-state index contributed by atoms with van der Waals surface area (Å²) in [6.07, 6.45) is 1.95. The van der Waals surface area contributed by atoms with Gasteiger partial charge in [-0.1, -0.05) is 114 Å². The molecule has 4 aromatic carbocycles. The molecule has 6 aromatic rings. The quantitative estimate of drug-likeness (QED) is 0.304. The maximum absolute atomic E-state index is 12.9. The number of fused-ring (bicyclic) bond motifs is 1. The smallest absolute Gasteiger partial charge is 0.311 e. The Morgan fingerprint density at radius 1 is 0.711 bits per heavy atom. The van der Waals surface area contributed by atoms with Gasteiger partial charge in [-0.15, -0.1) is 0 Å². The zero-order valence-corrected chi connectivity index (χ0v) is 22.2. The fraction of sp³-hybridized carbons (Fsp3) is 0.0645. The van der Waals surface area contributed by atoms with Gasteiger partial charge in [0.05, 0.1) is 13.1 Å². The van der Waals surface area contributed by atoms with Crippen LogP contribution in [-0.2, 0) is 13.1 Å². The summed E-state index contributed by atoms with van der Waals surface area (Å²) in [5, 5.41) is 0. The van der Waals surface area contributed by atoms with Gasteiger partial charge in [-0.25, -0.2) is 4.57 Å². The Hall–Kier alpha value is -4.49. The van der Waals surface area contributed by atoms with Crippen LogP contribution in [0.5, 0.6) is 0 Å². The minimum atomic E-state index is -0.249. The van der Waals surface area contributed by atoms with Gasteiger partial charge in [0.15, 0.2) is 6.33 Å². The third kappa shape index (κ3) is 5.14. The second kappa shape index (κ2) is 10.9. The van der Waals surface area contributed by atoms with Crippen molar-refractivity contribution in [2.75, 3.05) is 5.73 Å². The Balaban J connectivity index is 0.00000294. The molecule has 6 nitrogen and oxygen atoms in total. The van der Waals surface area contributed by atoms with Crippen molar-refractivity contribution in [2.24, 2.45) is 0 Å². The summed E-state index contributed by atoms with van der Waals surface area (Å²) >= 11 is 0. The minimum absolute atomic E-state index is 0. The van der Waals surface area contributed by atoms with Crippen LogP contribution in [0, 0.1) is 0 Å². The van der Waals surface area contributed by atoms with Crippen molar-refractivity contribution in [1.82, 2.24) is 14.5 Å². The van der Waals surface area contributed by atoms with Crippen LogP contribution in [0.3, 0.4) is 0 Å². The number of nitrogens with two attached hydrogens (primary N) is 1. The van der Waals surface area contributed by atoms with Gasteiger partial charge in [-0.05, 0) is 33.4 Å². The Labute approximate surface area is 230 Å². The van der Waals surface area contributed by atoms with E-state index in [1.807, 2.05) is 51.9 Å². The number of aromatic amines is 1. The van der Waals surface area contributed by atoms with Crippen LogP contribution in [0.15, 0.2) is 120 Å². The van der Waals surface area contributed by atoms with E-state index in [1.54, 1.807) is 0 Å². The number of imidazole rings is 1. The Bertz CT molecular complexity index is 1730. The van der Waals surface area contributed by atoms with E-state index in [2.05, 4.69) is 82.8 Å². The van der Waals surface area contributed by atoms with E-state index in [4.69, 9.17) is 5.73 Å². The predicted molar refractivity (Wildman–Crippen MR) is 147 cm³/mol. The predicted octanol–water partition coefficient (Wildman–Crippen LogP) is 2.03. The van der Waals surface area contributed by atoms with Gasteiger partial charge < -0.3 is 22.7 Å². The fourth-order valence-corrected chi connectivity index (χ4v) is 4.71. The van der Waals surface area contributed by atoms with Crippen molar-refractivity contribution < 1.29 is 21.5 Å². The molecule has 3 N–H and O–H groups in total. The first-order chi connectivity index (χ1) is 18.1. The van der Waals surface area contributed by atoms with Crippen LogP contribution >= 0.6 is 0 Å². The Kier molecular flexibility index (Phi) is 7.20. The molecule has 2 heterocycles. The lowest BCUT2D eigenvalue weighted by molar-refractivity contribution is -0.665. The van der Waals surface area contributed by atoms with Crippen molar-refractivity contribution in [2.45, 2.75) is 13.1 Å². The molecule has 0 fully saturated rings. The average Bonchev–Trinajstić information content (AvgIpc) is 3.27. The maximum atomic E-state index is 12.9. The van der Waals surface area contributed by atoms with Crippen LogP contribution < -0.4 is 32.8 Å². The number of nitrogen functional groups attached to an aromatic ring is 1. The first-order valence-corrected chi connectivity index (χ1v) is 12.2. The molecule has 0 saturated heterocycles. The second-order valence-electron chi connectivity index (χ2n) is 9.12. The first-order valence-electron chi connectivity index (χ1n) is 12.2. The second-order valence-corrected chi connectivity index (χ2v) is 9.12. The number of hydrogen-bond donors (Lipinski definition) is 2. The highest BCUT2D eigenvalue weighted by atomic mass is 79.9. The Morgan fingerprint density at radius 3 is 1.76 bits per heavy atom. The lowest BCUT2D eigenvalue weighted by atomic mass is 10.0. The standard InChI is InChI=1S/C31H25N5O.BrH/c32-31-33-29-28(30(37)34-31)35(19-22-11-15-26(16-12-22)24-7-3-1-4-8-24)21-36(29)20-23-13-17-27(18-14-23)25-9-5-2-6-10-25;/h1-18,21H,19-20H2,(H2-,32,33,34,37);1H. The minimum Gasteiger partial charge on any atom is -1.00 e. The lowest BCUT2D eigenvalue weighted by Gasteiger charge is -2.04. The summed E-state index contributed by atoms with van der Waals surface area (Å²) in [4.78, 5) is 20.0. The molecule has 0 unspecified atom stereocenters. The third-order valence-corrected chi connectivity index (χ3v) is 6.56. The van der Waals surface area contributed by atoms with Crippen molar-refractivity contribution in [3.8, 4) is 22.3 Å². The fourth-order valence-electron chi connectivity index (χ4n) is 4.71. The molecule has 0 aliphatic rings. The summed E-state index contributed by atoms with van der Waals surface area (Å²) in [6.45, 7) is 1.11. The topological polar surface area (TPSA) is 80.6 Å². The van der Waals surface area contributed by atoms with Crippen LogP contribution in [0.2, 0.25) is 0 Å². The van der Waals surface area contributed by atoms with Crippen LogP contribution in [-0.4, -0.2) is 14.5 Å². The van der Waals surface area contributed by atoms with Gasteiger partial charge in [0.25, 0.3) is 11.5 Å². The van der Waals surface area contributed by atoms with E-state index in [1.165, 1.54) is 11.1 Å². The highest BCUT2D eigenvalue weighted by Gasteiger charge is 2.22. The lowest BCUT2D eigenvalue weighted by Crippen LogP contribution is -3.00. The average molecular weight is 564 g/mol. The number of halogens is 1. The molecular weight excluding hydrogens is 538 g/mol. The highest BCUT2D eigenvalue weighted by Crippen LogP contribution is 2.21. The van der Waals surface area contributed by atoms with E-state index in [0.29, 0.717) is 24.3 Å². The molecule has 0 saturated carbocycles. The SMILES string of the molecule is Nc1nc2c(c(=O)[nH]1)n(Cc1ccc(-c3ccccc3)cc1)c[n+]2Cc1ccc(-c2ccccc2)cc1.[Br-]. The number of H-pyrrole nitrogens is 1. The van der Waals surface area contributed by atoms with E-state index < -0.39 is 0 Å². The van der Waals surface area contributed by atoms with Crippen molar-refractivity contribution in [3.05, 3.63) is 137 Å². The zero-order valence-electron chi connectivity index (χ0n) is 20.6. The normalized spacial score (nSPS) is 10.8. The molecule has 0 aliphatic carbocycles. The van der Waals surface area contributed by atoms with E-state index in [-0.39, 0.29) is 28.5 Å². The van der Waals surface area contributed by atoms with E-state index in [0.717, 1.165) is 22.3 Å². The number of hydrogen-bond acceptors (Lipinski definition) is 3. The van der Waals surface area contributed by atoms with Crippen molar-refractivity contribution in [1.29, 1.82) is 0 Å². The van der Waals surface area contributed by atoms with Gasteiger partial charge >= 0.3 is 5.65 Å². The number of rotatable bonds is 6. The van der Waals surface area contributed by atoms with Gasteiger partial charge in [0.1, 0.15) is 0 Å². The van der Waals surface area contributed by atoms with Gasteiger partial charge in [-0.3, -0.25) is 14.3 Å². The number of nitrogens with one attached hydrogen (secondary N) is 1. The number of benzene rings is 4. The van der Waals surface area contributed by atoms with Crippen molar-refractivity contribution >= 4 is 17.1 Å². The van der Waals surface area contributed by atoms with Crippen LogP contribution in [0.25, 0.3) is 33.4 Å². The molecule has 2 aromatic heterocycles. The van der Waals surface area contributed by atoms with Gasteiger partial charge in [0.2, 0.25) is 5.52 Å². The molecule has 0 atom stereocenters. The first kappa shape index (κ1) is 25.2.